The SMILES string of the molecule is C[C@H]1C[C@@]2(CCN1Cc1cnn(C)c1)OCCc1ccc(Cl)cc12. The summed E-state index contributed by atoms with van der Waals surface area (Å²) in [5, 5.41) is 5.09. The van der Waals surface area contributed by atoms with Crippen LogP contribution in [0.15, 0.2) is 30.6 Å². The third-order valence-corrected chi connectivity index (χ3v) is 5.74. The number of nitrogens with zero attached hydrogens (tertiary/aromatic N) is 3. The molecule has 128 valence electrons. The second-order valence-electron chi connectivity index (χ2n) is 7.19. The zero-order chi connectivity index (χ0) is 16.7. The normalized spacial score (nSPS) is 27.4. The molecule has 4 nitrogen and oxygen atoms in total. The van der Waals surface area contributed by atoms with Gasteiger partial charge in [0, 0.05) is 43.0 Å². The van der Waals surface area contributed by atoms with Crippen LogP contribution in [0.1, 0.15) is 36.5 Å². The maximum atomic E-state index is 6.36. The van der Waals surface area contributed by atoms with E-state index < -0.39 is 0 Å². The van der Waals surface area contributed by atoms with E-state index in [-0.39, 0.29) is 5.60 Å². The van der Waals surface area contributed by atoms with Gasteiger partial charge in [0.05, 0.1) is 18.4 Å². The number of hydrogen-bond donors (Lipinski definition) is 0. The Bertz CT molecular complexity index is 744. The number of rotatable bonds is 2. The smallest absolute Gasteiger partial charge is 0.0961 e. The minimum atomic E-state index is -0.163. The van der Waals surface area contributed by atoms with Gasteiger partial charge >= 0.3 is 0 Å². The highest BCUT2D eigenvalue weighted by Crippen LogP contribution is 2.44. The second-order valence-corrected chi connectivity index (χ2v) is 7.63. The van der Waals surface area contributed by atoms with E-state index in [4.69, 9.17) is 16.3 Å². The molecule has 24 heavy (non-hydrogen) atoms. The van der Waals surface area contributed by atoms with Crippen LogP contribution in [0.25, 0.3) is 0 Å². The first-order valence-corrected chi connectivity index (χ1v) is 9.08. The molecule has 0 bridgehead atoms. The van der Waals surface area contributed by atoms with Gasteiger partial charge in [-0.1, -0.05) is 17.7 Å². The molecule has 2 aromatic rings. The summed E-state index contributed by atoms with van der Waals surface area (Å²) in [7, 11) is 1.97. The molecule has 1 spiro atoms. The number of fused-ring (bicyclic) bond motifs is 2. The Labute approximate surface area is 148 Å². The topological polar surface area (TPSA) is 30.3 Å². The first kappa shape index (κ1) is 16.1. The van der Waals surface area contributed by atoms with Crippen LogP contribution in [0, 0.1) is 0 Å². The van der Waals surface area contributed by atoms with Crippen molar-refractivity contribution in [3.8, 4) is 0 Å². The van der Waals surface area contributed by atoms with Crippen molar-refractivity contribution < 1.29 is 4.74 Å². The lowest BCUT2D eigenvalue weighted by Crippen LogP contribution is -2.50. The van der Waals surface area contributed by atoms with E-state index >= 15 is 0 Å². The molecule has 2 aliphatic rings. The predicted octanol–water partition coefficient (Wildman–Crippen LogP) is 3.53. The van der Waals surface area contributed by atoms with Gasteiger partial charge in [-0.05, 0) is 49.4 Å². The largest absolute Gasteiger partial charge is 0.370 e. The van der Waals surface area contributed by atoms with Crippen molar-refractivity contribution in [2.75, 3.05) is 13.2 Å². The van der Waals surface area contributed by atoms with Gasteiger partial charge in [-0.25, -0.2) is 0 Å². The second kappa shape index (κ2) is 6.17. The zero-order valence-electron chi connectivity index (χ0n) is 14.3. The Hall–Kier alpha value is -1.36. The van der Waals surface area contributed by atoms with Crippen molar-refractivity contribution in [2.24, 2.45) is 7.05 Å². The zero-order valence-corrected chi connectivity index (χ0v) is 15.1. The summed E-state index contributed by atoms with van der Waals surface area (Å²) in [4.78, 5) is 2.53. The predicted molar refractivity (Wildman–Crippen MR) is 95.1 cm³/mol. The fraction of sp³-hybridized carbons (Fsp3) is 0.526. The summed E-state index contributed by atoms with van der Waals surface area (Å²) in [6.07, 6.45) is 7.08. The first-order valence-electron chi connectivity index (χ1n) is 8.70. The number of aryl methyl sites for hydroxylation is 1. The summed E-state index contributed by atoms with van der Waals surface area (Å²) in [6.45, 7) is 5.10. The first-order chi connectivity index (χ1) is 11.6. The Morgan fingerprint density at radius 2 is 2.29 bits per heavy atom. The highest BCUT2D eigenvalue weighted by atomic mass is 35.5. The number of ether oxygens (including phenoxy) is 1. The minimum Gasteiger partial charge on any atom is -0.370 e. The number of hydrogen-bond acceptors (Lipinski definition) is 3. The molecule has 0 saturated carbocycles. The van der Waals surface area contributed by atoms with Crippen molar-refractivity contribution in [2.45, 2.75) is 44.4 Å². The standard InChI is InChI=1S/C19H24ClN3O/c1-14-10-19(6-7-23(14)13-15-11-21-22(2)12-15)18-9-17(20)4-3-16(18)5-8-24-19/h3-4,9,11-12,14H,5-8,10,13H2,1-2H3/t14-,19+/m0/s1. The minimum absolute atomic E-state index is 0.163. The molecule has 2 aliphatic heterocycles. The van der Waals surface area contributed by atoms with Gasteiger partial charge in [-0.2, -0.15) is 5.10 Å². The molecule has 1 aromatic carbocycles. The van der Waals surface area contributed by atoms with Gasteiger partial charge < -0.3 is 4.74 Å². The van der Waals surface area contributed by atoms with Crippen LogP contribution in [-0.2, 0) is 30.4 Å². The van der Waals surface area contributed by atoms with E-state index in [9.17, 15) is 0 Å². The summed E-state index contributed by atoms with van der Waals surface area (Å²) in [5.74, 6) is 0. The maximum Gasteiger partial charge on any atom is 0.0961 e. The van der Waals surface area contributed by atoms with E-state index in [2.05, 4.69) is 35.3 Å². The molecule has 3 heterocycles. The Kier molecular flexibility index (Phi) is 4.15. The number of benzene rings is 1. The van der Waals surface area contributed by atoms with E-state index in [0.29, 0.717) is 6.04 Å². The summed E-state index contributed by atoms with van der Waals surface area (Å²) in [6, 6.07) is 6.76. The molecule has 1 aromatic heterocycles. The molecular weight excluding hydrogens is 322 g/mol. The van der Waals surface area contributed by atoms with Crippen molar-refractivity contribution in [1.29, 1.82) is 0 Å². The number of halogens is 1. The van der Waals surface area contributed by atoms with Crippen molar-refractivity contribution in [1.82, 2.24) is 14.7 Å². The third-order valence-electron chi connectivity index (χ3n) is 5.51. The van der Waals surface area contributed by atoms with Gasteiger partial charge in [-0.15, -0.1) is 0 Å². The van der Waals surface area contributed by atoms with E-state index in [1.54, 1.807) is 0 Å². The third kappa shape index (κ3) is 2.87. The van der Waals surface area contributed by atoms with E-state index in [1.807, 2.05) is 24.0 Å². The highest BCUT2D eigenvalue weighted by molar-refractivity contribution is 6.30. The van der Waals surface area contributed by atoms with Crippen LogP contribution in [-0.4, -0.2) is 33.9 Å². The molecular formula is C19H24ClN3O. The van der Waals surface area contributed by atoms with Crippen LogP contribution in [0.5, 0.6) is 0 Å². The lowest BCUT2D eigenvalue weighted by molar-refractivity contribution is -0.113. The molecule has 0 amide bonds. The Morgan fingerprint density at radius 1 is 1.42 bits per heavy atom. The summed E-state index contributed by atoms with van der Waals surface area (Å²) >= 11 is 6.28. The lowest BCUT2D eigenvalue weighted by atomic mass is 9.77. The van der Waals surface area contributed by atoms with Crippen molar-refractivity contribution in [3.05, 3.63) is 52.3 Å². The quantitative estimate of drug-likeness (QED) is 0.834. The van der Waals surface area contributed by atoms with Crippen LogP contribution in [0.4, 0.5) is 0 Å². The molecule has 0 aliphatic carbocycles. The highest BCUT2D eigenvalue weighted by Gasteiger charge is 2.43. The van der Waals surface area contributed by atoms with E-state index in [0.717, 1.165) is 44.0 Å². The number of aromatic nitrogens is 2. The fourth-order valence-corrected chi connectivity index (χ4v) is 4.45. The Morgan fingerprint density at radius 3 is 3.04 bits per heavy atom. The van der Waals surface area contributed by atoms with Gasteiger partial charge in [0.15, 0.2) is 0 Å². The van der Waals surface area contributed by atoms with Crippen molar-refractivity contribution >= 4 is 11.6 Å². The average molecular weight is 346 g/mol. The molecule has 5 heteroatoms. The molecule has 0 radical (unpaired) electrons. The maximum absolute atomic E-state index is 6.36. The van der Waals surface area contributed by atoms with Crippen LogP contribution < -0.4 is 0 Å². The number of piperidine rings is 1. The monoisotopic (exact) mass is 345 g/mol. The number of likely N-dealkylation sites (tertiary alicyclic amines) is 1. The van der Waals surface area contributed by atoms with Crippen LogP contribution in [0.2, 0.25) is 5.02 Å². The molecule has 0 N–H and O–H groups in total. The van der Waals surface area contributed by atoms with E-state index in [1.165, 1.54) is 16.7 Å². The van der Waals surface area contributed by atoms with Crippen LogP contribution >= 0.6 is 11.6 Å². The van der Waals surface area contributed by atoms with Crippen molar-refractivity contribution in [3.63, 3.8) is 0 Å². The molecule has 4 rings (SSSR count). The average Bonchev–Trinajstić information content (AvgIpc) is 2.96. The Balaban J connectivity index is 1.55. The van der Waals surface area contributed by atoms with Gasteiger partial charge in [0.1, 0.15) is 0 Å². The molecule has 1 saturated heterocycles. The van der Waals surface area contributed by atoms with Gasteiger partial charge in [0.2, 0.25) is 0 Å². The fourth-order valence-electron chi connectivity index (χ4n) is 4.28. The molecule has 1 fully saturated rings. The molecule has 0 unspecified atom stereocenters. The van der Waals surface area contributed by atoms with Crippen LogP contribution in [0.3, 0.4) is 0 Å². The van der Waals surface area contributed by atoms with Gasteiger partial charge in [-0.3, -0.25) is 9.58 Å². The lowest BCUT2D eigenvalue weighted by Gasteiger charge is -2.48. The summed E-state index contributed by atoms with van der Waals surface area (Å²) < 4.78 is 8.23. The summed E-state index contributed by atoms with van der Waals surface area (Å²) in [5.41, 5.74) is 3.82. The van der Waals surface area contributed by atoms with Gasteiger partial charge in [0.25, 0.3) is 0 Å². The molecule has 2 atom stereocenters.